The number of ether oxygens (including phenoxy) is 2. The molecular formula is C26H31NO8. The predicted octanol–water partition coefficient (Wildman–Crippen LogP) is 1.05. The molecule has 3 aromatic rings. The highest BCUT2D eigenvalue weighted by molar-refractivity contribution is 5.90. The maximum Gasteiger partial charge on any atom is 0.338 e. The van der Waals surface area contributed by atoms with Gasteiger partial charge in [-0.1, -0.05) is 24.3 Å². The van der Waals surface area contributed by atoms with Crippen molar-refractivity contribution in [1.29, 1.82) is 0 Å². The van der Waals surface area contributed by atoms with Crippen LogP contribution in [0.15, 0.2) is 48.7 Å². The smallest absolute Gasteiger partial charge is 0.338 e. The van der Waals surface area contributed by atoms with Crippen LogP contribution in [0, 0.1) is 6.92 Å². The fraction of sp³-hybridized carbons (Fsp3) is 0.423. The number of aliphatic hydroxyl groups is 5. The Hall–Kier alpha value is -2.79. The lowest BCUT2D eigenvalue weighted by Gasteiger charge is -2.40. The molecule has 1 fully saturated rings. The first-order valence-corrected chi connectivity index (χ1v) is 11.6. The molecule has 5 atom stereocenters. The SMILES string of the molecule is Cc1cccc2c1c(Cc1ccc(C(=O)OCCCO)cc1)cn2[C@@H]1O[C@H](CO)[C@@H](O)[C@H](O)[C@H]1O. The quantitative estimate of drug-likeness (QED) is 0.236. The second-order valence-corrected chi connectivity index (χ2v) is 8.84. The van der Waals surface area contributed by atoms with Crippen LogP contribution in [0.4, 0.5) is 0 Å². The molecule has 35 heavy (non-hydrogen) atoms. The van der Waals surface area contributed by atoms with Gasteiger partial charge in [0.25, 0.3) is 0 Å². The van der Waals surface area contributed by atoms with Crippen molar-refractivity contribution in [3.8, 4) is 0 Å². The zero-order chi connectivity index (χ0) is 25.1. The van der Waals surface area contributed by atoms with Gasteiger partial charge in [-0.25, -0.2) is 4.79 Å². The lowest BCUT2D eigenvalue weighted by Crippen LogP contribution is -2.56. The third kappa shape index (κ3) is 5.11. The maximum atomic E-state index is 12.1. The number of fused-ring (bicyclic) bond motifs is 1. The van der Waals surface area contributed by atoms with Crippen LogP contribution in [0.25, 0.3) is 10.9 Å². The molecule has 1 aliphatic heterocycles. The number of esters is 1. The zero-order valence-corrected chi connectivity index (χ0v) is 19.4. The van der Waals surface area contributed by atoms with Crippen molar-refractivity contribution in [2.24, 2.45) is 0 Å². The molecular weight excluding hydrogens is 454 g/mol. The van der Waals surface area contributed by atoms with Crippen LogP contribution in [-0.4, -0.2) is 80.3 Å². The minimum Gasteiger partial charge on any atom is -0.462 e. The van der Waals surface area contributed by atoms with E-state index in [9.17, 15) is 25.2 Å². The molecule has 0 amide bonds. The van der Waals surface area contributed by atoms with Gasteiger partial charge in [-0.2, -0.15) is 0 Å². The summed E-state index contributed by atoms with van der Waals surface area (Å²) in [6, 6.07) is 12.8. The Morgan fingerprint density at radius 3 is 2.46 bits per heavy atom. The van der Waals surface area contributed by atoms with Crippen LogP contribution >= 0.6 is 0 Å². The maximum absolute atomic E-state index is 12.1. The van der Waals surface area contributed by atoms with Crippen molar-refractivity contribution in [3.05, 3.63) is 70.9 Å². The van der Waals surface area contributed by atoms with Gasteiger partial charge in [0.15, 0.2) is 6.23 Å². The summed E-state index contributed by atoms with van der Waals surface area (Å²) >= 11 is 0. The van der Waals surface area contributed by atoms with Crippen molar-refractivity contribution in [3.63, 3.8) is 0 Å². The molecule has 0 bridgehead atoms. The number of aromatic nitrogens is 1. The van der Waals surface area contributed by atoms with Gasteiger partial charge in [-0.3, -0.25) is 0 Å². The summed E-state index contributed by atoms with van der Waals surface area (Å²) in [4.78, 5) is 12.1. The molecule has 9 heteroatoms. The Morgan fingerprint density at radius 1 is 1.03 bits per heavy atom. The van der Waals surface area contributed by atoms with Crippen LogP contribution in [-0.2, 0) is 15.9 Å². The average Bonchev–Trinajstić information content (AvgIpc) is 3.22. The van der Waals surface area contributed by atoms with Gasteiger partial charge >= 0.3 is 5.97 Å². The normalized spacial score (nSPS) is 24.6. The first-order chi connectivity index (χ1) is 16.8. The molecule has 188 valence electrons. The van der Waals surface area contributed by atoms with Crippen LogP contribution in [0.5, 0.6) is 0 Å². The molecule has 2 aromatic carbocycles. The molecule has 4 rings (SSSR count). The van der Waals surface area contributed by atoms with Crippen molar-refractivity contribution in [1.82, 2.24) is 4.57 Å². The van der Waals surface area contributed by atoms with E-state index in [1.165, 1.54) is 0 Å². The number of nitrogens with zero attached hydrogens (tertiary/aromatic N) is 1. The summed E-state index contributed by atoms with van der Waals surface area (Å²) in [5.41, 5.74) is 4.13. The molecule has 0 saturated carbocycles. The largest absolute Gasteiger partial charge is 0.462 e. The summed E-state index contributed by atoms with van der Waals surface area (Å²) in [7, 11) is 0. The van der Waals surface area contributed by atoms with Gasteiger partial charge in [0, 0.05) is 24.6 Å². The number of rotatable bonds is 8. The van der Waals surface area contributed by atoms with Gasteiger partial charge in [0.05, 0.1) is 24.3 Å². The third-order valence-corrected chi connectivity index (χ3v) is 6.41. The summed E-state index contributed by atoms with van der Waals surface area (Å²) in [6.45, 7) is 1.60. The molecule has 0 radical (unpaired) electrons. The van der Waals surface area contributed by atoms with Crippen LogP contribution in [0.1, 0.15) is 39.7 Å². The van der Waals surface area contributed by atoms with E-state index in [0.29, 0.717) is 18.4 Å². The van der Waals surface area contributed by atoms with Gasteiger partial charge in [0.1, 0.15) is 24.4 Å². The molecule has 1 aliphatic rings. The van der Waals surface area contributed by atoms with E-state index in [0.717, 1.165) is 27.6 Å². The molecule has 0 spiro atoms. The summed E-state index contributed by atoms with van der Waals surface area (Å²) in [5.74, 6) is -0.444. The highest BCUT2D eigenvalue weighted by Gasteiger charge is 2.44. The molecule has 0 unspecified atom stereocenters. The summed E-state index contributed by atoms with van der Waals surface area (Å²) < 4.78 is 12.6. The average molecular weight is 486 g/mol. The summed E-state index contributed by atoms with van der Waals surface area (Å²) in [5, 5.41) is 50.5. The Morgan fingerprint density at radius 2 is 1.77 bits per heavy atom. The van der Waals surface area contributed by atoms with Crippen LogP contribution < -0.4 is 0 Å². The zero-order valence-electron chi connectivity index (χ0n) is 19.4. The fourth-order valence-electron chi connectivity index (χ4n) is 4.53. The first-order valence-electron chi connectivity index (χ1n) is 11.6. The predicted molar refractivity (Wildman–Crippen MR) is 127 cm³/mol. The van der Waals surface area contributed by atoms with E-state index in [1.807, 2.05) is 43.5 Å². The monoisotopic (exact) mass is 485 g/mol. The van der Waals surface area contributed by atoms with Crippen LogP contribution in [0.2, 0.25) is 0 Å². The lowest BCUT2D eigenvalue weighted by molar-refractivity contribution is -0.250. The molecule has 5 N–H and O–H groups in total. The van der Waals surface area contributed by atoms with Crippen molar-refractivity contribution >= 4 is 16.9 Å². The number of aryl methyl sites for hydroxylation is 1. The topological polar surface area (TPSA) is 142 Å². The van der Waals surface area contributed by atoms with E-state index in [2.05, 4.69) is 0 Å². The Balaban J connectivity index is 1.63. The Labute approximate surface area is 202 Å². The molecule has 0 aliphatic carbocycles. The van der Waals surface area contributed by atoms with Crippen LogP contribution in [0.3, 0.4) is 0 Å². The highest BCUT2D eigenvalue weighted by atomic mass is 16.6. The molecule has 2 heterocycles. The van der Waals surface area contributed by atoms with E-state index in [-0.39, 0.29) is 13.2 Å². The Bertz CT molecular complexity index is 1160. The molecule has 9 nitrogen and oxygen atoms in total. The minimum absolute atomic E-state index is 0.0393. The number of carbonyl (C=O) groups excluding carboxylic acids is 1. The third-order valence-electron chi connectivity index (χ3n) is 6.41. The first kappa shape index (κ1) is 25.3. The number of benzene rings is 2. The fourth-order valence-corrected chi connectivity index (χ4v) is 4.53. The van der Waals surface area contributed by atoms with Crippen molar-refractivity contribution in [2.45, 2.75) is 50.4 Å². The van der Waals surface area contributed by atoms with Crippen molar-refractivity contribution in [2.75, 3.05) is 19.8 Å². The van der Waals surface area contributed by atoms with E-state index < -0.39 is 43.2 Å². The van der Waals surface area contributed by atoms with E-state index in [1.54, 1.807) is 16.7 Å². The second kappa shape index (κ2) is 10.9. The second-order valence-electron chi connectivity index (χ2n) is 8.84. The molecule has 1 saturated heterocycles. The van der Waals surface area contributed by atoms with E-state index in [4.69, 9.17) is 14.6 Å². The van der Waals surface area contributed by atoms with Gasteiger partial charge < -0.3 is 39.6 Å². The number of hydrogen-bond donors (Lipinski definition) is 5. The van der Waals surface area contributed by atoms with Gasteiger partial charge in [-0.05, 0) is 48.2 Å². The molecule has 1 aromatic heterocycles. The van der Waals surface area contributed by atoms with Gasteiger partial charge in [-0.15, -0.1) is 0 Å². The van der Waals surface area contributed by atoms with Crippen molar-refractivity contribution < 1.29 is 39.8 Å². The van der Waals surface area contributed by atoms with E-state index >= 15 is 0 Å². The van der Waals surface area contributed by atoms with Gasteiger partial charge in [0.2, 0.25) is 0 Å². The number of aliphatic hydroxyl groups excluding tert-OH is 5. The minimum atomic E-state index is -1.47. The number of carbonyl (C=O) groups is 1. The highest BCUT2D eigenvalue weighted by Crippen LogP contribution is 2.35. The lowest BCUT2D eigenvalue weighted by atomic mass is 9.98. The summed E-state index contributed by atoms with van der Waals surface area (Å²) in [6.07, 6.45) is -3.53. The Kier molecular flexibility index (Phi) is 7.85. The number of hydrogen-bond acceptors (Lipinski definition) is 8. The standard InChI is InChI=1S/C26H31NO8/c1-15-4-2-5-19-21(15)18(12-16-6-8-17(9-7-16)26(33)34-11-3-10-28)13-27(19)25-24(32)23(31)22(30)20(14-29)35-25/h2,4-9,13,20,22-25,28-32H,3,10-12,14H2,1H3/t20-,22-,23+,24-,25-/m1/s1.